The molecule has 3 aromatic rings. The second-order valence-electron chi connectivity index (χ2n) is 5.04. The minimum absolute atomic E-state index is 0.0176. The van der Waals surface area contributed by atoms with Gasteiger partial charge in [-0.2, -0.15) is 0 Å². The number of hydrogen-bond acceptors (Lipinski definition) is 4. The normalized spacial score (nSPS) is 10.6. The number of pyridine rings is 1. The highest BCUT2D eigenvalue weighted by molar-refractivity contribution is 7.20. The van der Waals surface area contributed by atoms with E-state index >= 15 is 0 Å². The van der Waals surface area contributed by atoms with Crippen LogP contribution in [0.5, 0.6) is 5.75 Å². The van der Waals surface area contributed by atoms with Crippen LogP contribution in [-0.2, 0) is 6.54 Å². The van der Waals surface area contributed by atoms with Crippen LogP contribution in [0.2, 0.25) is 0 Å². The lowest BCUT2D eigenvalue weighted by atomic mass is 10.2. The van der Waals surface area contributed by atoms with Gasteiger partial charge in [0, 0.05) is 30.7 Å². The summed E-state index contributed by atoms with van der Waals surface area (Å²) in [6.07, 6.45) is 3.50. The summed E-state index contributed by atoms with van der Waals surface area (Å²) in [6.45, 7) is 0.546. The molecule has 22 heavy (non-hydrogen) atoms. The number of carbonyl (C=O) groups excluding carboxylic acids is 1. The molecule has 0 aliphatic carbocycles. The van der Waals surface area contributed by atoms with Crippen molar-refractivity contribution in [3.8, 4) is 5.75 Å². The molecule has 0 saturated carbocycles. The summed E-state index contributed by atoms with van der Waals surface area (Å²) in [5, 5.41) is 1.03. The number of fused-ring (bicyclic) bond motifs is 1. The average Bonchev–Trinajstić information content (AvgIpc) is 2.97. The van der Waals surface area contributed by atoms with Crippen LogP contribution >= 0.6 is 11.3 Å². The Labute approximate surface area is 133 Å². The molecule has 112 valence electrons. The quantitative estimate of drug-likeness (QED) is 0.739. The molecule has 2 heterocycles. The summed E-state index contributed by atoms with van der Waals surface area (Å²) in [7, 11) is 3.45. The summed E-state index contributed by atoms with van der Waals surface area (Å²) in [4.78, 5) is 19.1. The molecule has 0 aliphatic heterocycles. The molecule has 0 fully saturated rings. The van der Waals surface area contributed by atoms with Gasteiger partial charge in [-0.3, -0.25) is 9.78 Å². The van der Waals surface area contributed by atoms with Crippen LogP contribution in [0, 0.1) is 0 Å². The SMILES string of the molecule is COc1ccc2sc(C(=O)N(C)Cc3cccnc3)cc2c1. The second kappa shape index (κ2) is 6.15. The van der Waals surface area contributed by atoms with Crippen molar-refractivity contribution in [3.05, 3.63) is 59.2 Å². The number of thiophene rings is 1. The number of rotatable bonds is 4. The van der Waals surface area contributed by atoms with Crippen molar-refractivity contribution in [1.29, 1.82) is 0 Å². The van der Waals surface area contributed by atoms with Gasteiger partial charge in [0.2, 0.25) is 0 Å². The number of nitrogens with zero attached hydrogens (tertiary/aromatic N) is 2. The molecule has 3 rings (SSSR count). The molecule has 5 heteroatoms. The first-order valence-corrected chi connectivity index (χ1v) is 7.71. The molecule has 0 aliphatic rings. The zero-order valence-electron chi connectivity index (χ0n) is 12.4. The third-order valence-corrected chi connectivity index (χ3v) is 4.53. The van der Waals surface area contributed by atoms with Gasteiger partial charge in [0.25, 0.3) is 5.91 Å². The standard InChI is InChI=1S/C17H16N2O2S/c1-19(11-12-4-3-7-18-10-12)17(20)16-9-13-8-14(21-2)5-6-15(13)22-16/h3-10H,11H2,1-2H3. The van der Waals surface area contributed by atoms with Gasteiger partial charge in [0.05, 0.1) is 12.0 Å². The van der Waals surface area contributed by atoms with E-state index in [1.165, 1.54) is 11.3 Å². The number of amides is 1. The first kappa shape index (κ1) is 14.5. The fraction of sp³-hybridized carbons (Fsp3) is 0.176. The lowest BCUT2D eigenvalue weighted by molar-refractivity contribution is 0.0790. The van der Waals surface area contributed by atoms with Crippen LogP contribution < -0.4 is 4.74 Å². The molecule has 1 amide bonds. The Morgan fingerprint density at radius 3 is 2.91 bits per heavy atom. The van der Waals surface area contributed by atoms with Gasteiger partial charge in [0.15, 0.2) is 0 Å². The van der Waals surface area contributed by atoms with Crippen LogP contribution in [0.1, 0.15) is 15.2 Å². The number of carbonyl (C=O) groups is 1. The highest BCUT2D eigenvalue weighted by Gasteiger charge is 2.15. The largest absolute Gasteiger partial charge is 0.497 e. The average molecular weight is 312 g/mol. The third-order valence-electron chi connectivity index (χ3n) is 3.42. The summed E-state index contributed by atoms with van der Waals surface area (Å²) in [5.41, 5.74) is 1.01. The van der Waals surface area contributed by atoms with E-state index in [9.17, 15) is 4.79 Å². The van der Waals surface area contributed by atoms with Crippen molar-refractivity contribution in [2.45, 2.75) is 6.54 Å². The smallest absolute Gasteiger partial charge is 0.264 e. The summed E-state index contributed by atoms with van der Waals surface area (Å²) >= 11 is 1.50. The summed E-state index contributed by atoms with van der Waals surface area (Å²) in [5.74, 6) is 0.817. The van der Waals surface area contributed by atoms with Crippen LogP contribution in [0.15, 0.2) is 48.8 Å². The molecule has 2 aromatic heterocycles. The predicted molar refractivity (Wildman–Crippen MR) is 88.4 cm³/mol. The number of aromatic nitrogens is 1. The molecular formula is C17H16N2O2S. The van der Waals surface area contributed by atoms with E-state index in [2.05, 4.69) is 4.98 Å². The topological polar surface area (TPSA) is 42.4 Å². The number of ether oxygens (including phenoxy) is 1. The first-order chi connectivity index (χ1) is 10.7. The molecule has 0 bridgehead atoms. The van der Waals surface area contributed by atoms with E-state index in [0.717, 1.165) is 26.3 Å². The van der Waals surface area contributed by atoms with E-state index < -0.39 is 0 Å². The summed E-state index contributed by atoms with van der Waals surface area (Å²) in [6, 6.07) is 11.6. The molecule has 0 radical (unpaired) electrons. The van der Waals surface area contributed by atoms with Gasteiger partial charge in [-0.25, -0.2) is 0 Å². The number of methoxy groups -OCH3 is 1. The Bertz CT molecular complexity index is 799. The van der Waals surface area contributed by atoms with Crippen LogP contribution in [0.3, 0.4) is 0 Å². The monoisotopic (exact) mass is 312 g/mol. The van der Waals surface area contributed by atoms with Crippen LogP contribution in [-0.4, -0.2) is 29.9 Å². The van der Waals surface area contributed by atoms with Gasteiger partial charge >= 0.3 is 0 Å². The zero-order chi connectivity index (χ0) is 15.5. The van der Waals surface area contributed by atoms with Crippen molar-refractivity contribution in [3.63, 3.8) is 0 Å². The van der Waals surface area contributed by atoms with Crippen molar-refractivity contribution >= 4 is 27.3 Å². The van der Waals surface area contributed by atoms with Gasteiger partial charge in [-0.15, -0.1) is 11.3 Å². The molecule has 4 nitrogen and oxygen atoms in total. The zero-order valence-corrected chi connectivity index (χ0v) is 13.3. The van der Waals surface area contributed by atoms with E-state index in [1.807, 2.05) is 36.4 Å². The van der Waals surface area contributed by atoms with Crippen molar-refractivity contribution < 1.29 is 9.53 Å². The minimum atomic E-state index is 0.0176. The fourth-order valence-electron chi connectivity index (χ4n) is 2.28. The maximum atomic E-state index is 12.6. The minimum Gasteiger partial charge on any atom is -0.497 e. The van der Waals surface area contributed by atoms with Gasteiger partial charge in [0.1, 0.15) is 5.75 Å². The van der Waals surface area contributed by atoms with E-state index in [-0.39, 0.29) is 5.91 Å². The predicted octanol–water partition coefficient (Wildman–Crippen LogP) is 3.58. The summed E-state index contributed by atoms with van der Waals surface area (Å²) < 4.78 is 6.30. The Morgan fingerprint density at radius 2 is 2.18 bits per heavy atom. The molecule has 0 spiro atoms. The first-order valence-electron chi connectivity index (χ1n) is 6.89. The molecule has 0 N–H and O–H groups in total. The molecule has 0 unspecified atom stereocenters. The lowest BCUT2D eigenvalue weighted by Gasteiger charge is -2.15. The molecule has 0 atom stereocenters. The van der Waals surface area contributed by atoms with Crippen LogP contribution in [0.4, 0.5) is 0 Å². The Kier molecular flexibility index (Phi) is 4.06. The van der Waals surface area contributed by atoms with Gasteiger partial charge < -0.3 is 9.64 Å². The molecule has 1 aromatic carbocycles. The Morgan fingerprint density at radius 1 is 1.32 bits per heavy atom. The maximum Gasteiger partial charge on any atom is 0.264 e. The van der Waals surface area contributed by atoms with E-state index in [1.54, 1.807) is 31.5 Å². The Balaban J connectivity index is 1.82. The van der Waals surface area contributed by atoms with Crippen LogP contribution in [0.25, 0.3) is 10.1 Å². The maximum absolute atomic E-state index is 12.6. The highest BCUT2D eigenvalue weighted by Crippen LogP contribution is 2.29. The second-order valence-corrected chi connectivity index (χ2v) is 6.12. The Hall–Kier alpha value is -2.40. The van der Waals surface area contributed by atoms with Gasteiger partial charge in [-0.05, 0) is 41.3 Å². The third kappa shape index (κ3) is 2.94. The van der Waals surface area contributed by atoms with Gasteiger partial charge in [-0.1, -0.05) is 6.07 Å². The number of benzene rings is 1. The fourth-order valence-corrected chi connectivity index (χ4v) is 3.32. The van der Waals surface area contributed by atoms with Crippen molar-refractivity contribution in [2.75, 3.05) is 14.2 Å². The lowest BCUT2D eigenvalue weighted by Crippen LogP contribution is -2.25. The molecule has 0 saturated heterocycles. The van der Waals surface area contributed by atoms with Crippen molar-refractivity contribution in [2.24, 2.45) is 0 Å². The highest BCUT2D eigenvalue weighted by atomic mass is 32.1. The van der Waals surface area contributed by atoms with E-state index in [0.29, 0.717) is 6.54 Å². The molecular weight excluding hydrogens is 296 g/mol. The van der Waals surface area contributed by atoms with Crippen molar-refractivity contribution in [1.82, 2.24) is 9.88 Å². The number of hydrogen-bond donors (Lipinski definition) is 0. The van der Waals surface area contributed by atoms with E-state index in [4.69, 9.17) is 4.74 Å².